The van der Waals surface area contributed by atoms with Crippen LogP contribution >= 0.6 is 11.6 Å². The van der Waals surface area contributed by atoms with Crippen molar-refractivity contribution in [2.75, 3.05) is 19.0 Å². The third-order valence-corrected chi connectivity index (χ3v) is 3.42. The summed E-state index contributed by atoms with van der Waals surface area (Å²) in [4.78, 5) is 11.4. The van der Waals surface area contributed by atoms with Gasteiger partial charge in [0.2, 0.25) is 5.91 Å². The Bertz CT molecular complexity index is 369. The number of rotatable bonds is 3. The molecule has 2 atom stereocenters. The molecule has 3 nitrogen and oxygen atoms in total. The summed E-state index contributed by atoms with van der Waals surface area (Å²) in [5, 5.41) is 6.29. The predicted molar refractivity (Wildman–Crippen MR) is 69.3 cm³/mol. The summed E-state index contributed by atoms with van der Waals surface area (Å²) >= 11 is 5.53. The maximum absolute atomic E-state index is 11.4. The van der Waals surface area contributed by atoms with Gasteiger partial charge in [-0.3, -0.25) is 4.79 Å². The van der Waals surface area contributed by atoms with Gasteiger partial charge < -0.3 is 10.6 Å². The number of carbonyl (C=O) groups excluding carboxylic acids is 1. The van der Waals surface area contributed by atoms with E-state index >= 15 is 0 Å². The first-order valence-corrected chi connectivity index (χ1v) is 6.45. The summed E-state index contributed by atoms with van der Waals surface area (Å²) in [6, 6.07) is 10.5. The first-order valence-electron chi connectivity index (χ1n) is 5.92. The quantitative estimate of drug-likeness (QED) is 0.801. The Morgan fingerprint density at radius 2 is 2.18 bits per heavy atom. The van der Waals surface area contributed by atoms with Gasteiger partial charge in [-0.25, -0.2) is 0 Å². The Labute approximate surface area is 107 Å². The molecular weight excluding hydrogens is 236 g/mol. The van der Waals surface area contributed by atoms with E-state index in [1.165, 1.54) is 5.56 Å². The van der Waals surface area contributed by atoms with Crippen molar-refractivity contribution in [2.24, 2.45) is 0 Å². The van der Waals surface area contributed by atoms with Crippen LogP contribution in [0.5, 0.6) is 0 Å². The second-order valence-corrected chi connectivity index (χ2v) is 4.58. The summed E-state index contributed by atoms with van der Waals surface area (Å²) in [7, 11) is 0. The zero-order valence-corrected chi connectivity index (χ0v) is 10.4. The maximum Gasteiger partial charge on any atom is 0.235 e. The number of piperidine rings is 1. The van der Waals surface area contributed by atoms with E-state index in [-0.39, 0.29) is 17.8 Å². The van der Waals surface area contributed by atoms with Crippen LogP contribution in [0.2, 0.25) is 0 Å². The third-order valence-electron chi connectivity index (χ3n) is 3.18. The molecule has 1 saturated heterocycles. The third kappa shape index (κ3) is 3.20. The topological polar surface area (TPSA) is 41.1 Å². The number of nitrogens with one attached hydrogen (secondary N) is 2. The average molecular weight is 253 g/mol. The Hall–Kier alpha value is -1.06. The smallest absolute Gasteiger partial charge is 0.235 e. The summed E-state index contributed by atoms with van der Waals surface area (Å²) < 4.78 is 0. The fourth-order valence-corrected chi connectivity index (χ4v) is 2.43. The summed E-state index contributed by atoms with van der Waals surface area (Å²) in [5.74, 6) is 0.309. The first-order chi connectivity index (χ1) is 8.31. The minimum absolute atomic E-state index is 0.0258. The van der Waals surface area contributed by atoms with Crippen molar-refractivity contribution in [3.05, 3.63) is 35.9 Å². The van der Waals surface area contributed by atoms with Crippen LogP contribution in [0.25, 0.3) is 0 Å². The molecule has 4 heteroatoms. The van der Waals surface area contributed by atoms with Gasteiger partial charge in [0.25, 0.3) is 0 Å². The lowest BCUT2D eigenvalue weighted by atomic mass is 9.86. The zero-order chi connectivity index (χ0) is 12.1. The van der Waals surface area contributed by atoms with Gasteiger partial charge in [-0.2, -0.15) is 0 Å². The molecule has 0 saturated carbocycles. The van der Waals surface area contributed by atoms with Crippen LogP contribution in [0, 0.1) is 0 Å². The SMILES string of the molecule is O=C(CCl)NC1CNCCC1c1ccccc1. The standard InChI is InChI=1S/C13H17ClN2O/c14-8-13(17)16-12-9-15-7-6-11(12)10-4-2-1-3-5-10/h1-5,11-12,15H,6-9H2,(H,16,17). The predicted octanol–water partition coefficient (Wildman–Crippen LogP) is 1.49. The van der Waals surface area contributed by atoms with Crippen LogP contribution in [0.15, 0.2) is 30.3 Å². The first kappa shape index (κ1) is 12.4. The monoisotopic (exact) mass is 252 g/mol. The van der Waals surface area contributed by atoms with Gasteiger partial charge in [0.05, 0.1) is 0 Å². The number of alkyl halides is 1. The normalized spacial score (nSPS) is 24.3. The zero-order valence-electron chi connectivity index (χ0n) is 9.66. The van der Waals surface area contributed by atoms with Gasteiger partial charge in [-0.15, -0.1) is 11.6 Å². The molecule has 1 amide bonds. The Kier molecular flexibility index (Phi) is 4.40. The fourth-order valence-electron chi connectivity index (χ4n) is 2.35. The minimum Gasteiger partial charge on any atom is -0.350 e. The van der Waals surface area contributed by atoms with E-state index in [1.54, 1.807) is 0 Å². The second kappa shape index (κ2) is 6.03. The highest BCUT2D eigenvalue weighted by atomic mass is 35.5. The van der Waals surface area contributed by atoms with Crippen molar-refractivity contribution in [3.8, 4) is 0 Å². The van der Waals surface area contributed by atoms with Crippen LogP contribution in [-0.2, 0) is 4.79 Å². The van der Waals surface area contributed by atoms with Crippen LogP contribution in [-0.4, -0.2) is 30.9 Å². The lowest BCUT2D eigenvalue weighted by Crippen LogP contribution is -2.50. The molecule has 0 aromatic heterocycles. The molecule has 1 aromatic rings. The highest BCUT2D eigenvalue weighted by Crippen LogP contribution is 2.25. The van der Waals surface area contributed by atoms with Crippen LogP contribution < -0.4 is 10.6 Å². The number of carbonyl (C=O) groups is 1. The van der Waals surface area contributed by atoms with E-state index < -0.39 is 0 Å². The largest absolute Gasteiger partial charge is 0.350 e. The lowest BCUT2D eigenvalue weighted by molar-refractivity contribution is -0.119. The minimum atomic E-state index is -0.0960. The molecule has 0 aliphatic carbocycles. The van der Waals surface area contributed by atoms with E-state index in [1.807, 2.05) is 18.2 Å². The van der Waals surface area contributed by atoms with Crippen molar-refractivity contribution in [2.45, 2.75) is 18.4 Å². The van der Waals surface area contributed by atoms with E-state index in [0.29, 0.717) is 5.92 Å². The van der Waals surface area contributed by atoms with Crippen molar-refractivity contribution in [3.63, 3.8) is 0 Å². The molecule has 1 aromatic carbocycles. The average Bonchev–Trinajstić information content (AvgIpc) is 2.40. The van der Waals surface area contributed by atoms with E-state index in [4.69, 9.17) is 11.6 Å². The van der Waals surface area contributed by atoms with Crippen molar-refractivity contribution >= 4 is 17.5 Å². The highest BCUT2D eigenvalue weighted by Gasteiger charge is 2.27. The molecule has 0 spiro atoms. The second-order valence-electron chi connectivity index (χ2n) is 4.32. The Morgan fingerprint density at radius 3 is 2.88 bits per heavy atom. The van der Waals surface area contributed by atoms with Crippen LogP contribution in [0.1, 0.15) is 17.9 Å². The summed E-state index contributed by atoms with van der Waals surface area (Å²) in [6.45, 7) is 1.80. The summed E-state index contributed by atoms with van der Waals surface area (Å²) in [5.41, 5.74) is 1.29. The van der Waals surface area contributed by atoms with E-state index in [9.17, 15) is 4.79 Å². The number of hydrogen-bond donors (Lipinski definition) is 2. The van der Waals surface area contributed by atoms with Gasteiger partial charge in [-0.1, -0.05) is 30.3 Å². The van der Waals surface area contributed by atoms with Gasteiger partial charge >= 0.3 is 0 Å². The summed E-state index contributed by atoms with van der Waals surface area (Å²) in [6.07, 6.45) is 1.04. The van der Waals surface area contributed by atoms with Crippen molar-refractivity contribution < 1.29 is 4.79 Å². The molecular formula is C13H17ClN2O. The van der Waals surface area contributed by atoms with Crippen LogP contribution in [0.4, 0.5) is 0 Å². The molecule has 2 unspecified atom stereocenters. The molecule has 17 heavy (non-hydrogen) atoms. The molecule has 1 fully saturated rings. The van der Waals surface area contributed by atoms with Crippen molar-refractivity contribution in [1.29, 1.82) is 0 Å². The van der Waals surface area contributed by atoms with Gasteiger partial charge in [0.15, 0.2) is 0 Å². The number of benzene rings is 1. The molecule has 1 aliphatic rings. The number of amides is 1. The molecule has 1 heterocycles. The number of hydrogen-bond acceptors (Lipinski definition) is 2. The Balaban J connectivity index is 2.09. The van der Waals surface area contributed by atoms with E-state index in [2.05, 4.69) is 22.8 Å². The van der Waals surface area contributed by atoms with E-state index in [0.717, 1.165) is 19.5 Å². The Morgan fingerprint density at radius 1 is 1.41 bits per heavy atom. The highest BCUT2D eigenvalue weighted by molar-refractivity contribution is 6.27. The van der Waals surface area contributed by atoms with Gasteiger partial charge in [-0.05, 0) is 18.5 Å². The molecule has 0 radical (unpaired) electrons. The number of halogens is 1. The van der Waals surface area contributed by atoms with Gasteiger partial charge in [0, 0.05) is 18.5 Å². The van der Waals surface area contributed by atoms with Gasteiger partial charge in [0.1, 0.15) is 5.88 Å². The van der Waals surface area contributed by atoms with Crippen molar-refractivity contribution in [1.82, 2.24) is 10.6 Å². The lowest BCUT2D eigenvalue weighted by Gasteiger charge is -2.33. The fraction of sp³-hybridized carbons (Fsp3) is 0.462. The molecule has 2 N–H and O–H groups in total. The molecule has 0 bridgehead atoms. The molecule has 2 rings (SSSR count). The van der Waals surface area contributed by atoms with Crippen LogP contribution in [0.3, 0.4) is 0 Å². The maximum atomic E-state index is 11.4. The molecule has 92 valence electrons. The molecule has 1 aliphatic heterocycles.